The Morgan fingerprint density at radius 3 is 2.53 bits per heavy atom. The summed E-state index contributed by atoms with van der Waals surface area (Å²) in [5.41, 5.74) is 4.02. The van der Waals surface area contributed by atoms with Gasteiger partial charge in [0.1, 0.15) is 17.5 Å². The fraction of sp³-hybridized carbons (Fsp3) is 0.182. The molecule has 0 saturated heterocycles. The maximum atomic E-state index is 12.4. The number of aromatic nitrogens is 3. The summed E-state index contributed by atoms with van der Waals surface area (Å²) in [5.74, 6) is 0.341. The molecule has 4 aromatic rings. The number of amides is 1. The van der Waals surface area contributed by atoms with Crippen molar-refractivity contribution in [2.45, 2.75) is 6.10 Å². The largest absolute Gasteiger partial charge is 0.465 e. The second-order valence-corrected chi connectivity index (χ2v) is 8.10. The van der Waals surface area contributed by atoms with Gasteiger partial charge in [0.15, 0.2) is 0 Å². The minimum Gasteiger partial charge on any atom is -0.465 e. The number of pyridine rings is 2. The first kappa shape index (κ1) is 21.6. The predicted octanol–water partition coefficient (Wildman–Crippen LogP) is 4.28. The van der Waals surface area contributed by atoms with E-state index in [9.17, 15) is 14.3 Å². The summed E-state index contributed by atoms with van der Waals surface area (Å²) in [6, 6.07) is 12.9. The van der Waals surface area contributed by atoms with Gasteiger partial charge in [0, 0.05) is 42.8 Å². The second-order valence-electron chi connectivity index (χ2n) is 7.07. The van der Waals surface area contributed by atoms with Crippen molar-refractivity contribution >= 4 is 39.2 Å². The van der Waals surface area contributed by atoms with E-state index in [-0.39, 0.29) is 6.54 Å². The number of anilines is 2. The van der Waals surface area contributed by atoms with Crippen LogP contribution in [0, 0.1) is 0 Å². The molecule has 0 aliphatic carbocycles. The highest BCUT2D eigenvalue weighted by atomic mass is 32.1. The van der Waals surface area contributed by atoms with Crippen molar-refractivity contribution in [3.63, 3.8) is 0 Å². The molecule has 0 bridgehead atoms. The molecular formula is C22H20FN5O3S. The highest BCUT2D eigenvalue weighted by Gasteiger charge is 2.12. The molecule has 0 spiro atoms. The van der Waals surface area contributed by atoms with Gasteiger partial charge in [0.2, 0.25) is 0 Å². The number of thiazole rings is 1. The first-order chi connectivity index (χ1) is 15.4. The van der Waals surface area contributed by atoms with E-state index in [4.69, 9.17) is 5.11 Å². The van der Waals surface area contributed by atoms with Crippen LogP contribution in [0.2, 0.25) is 0 Å². The molecule has 8 nitrogen and oxygen atoms in total. The third kappa shape index (κ3) is 4.66. The number of carbonyl (C=O) groups is 1. The Kier molecular flexibility index (Phi) is 6.24. The molecule has 1 amide bonds. The number of alkyl halides is 1. The van der Waals surface area contributed by atoms with E-state index in [1.165, 1.54) is 18.4 Å². The quantitative estimate of drug-likeness (QED) is 0.383. The van der Waals surface area contributed by atoms with Crippen LogP contribution in [0.5, 0.6) is 0 Å². The maximum absolute atomic E-state index is 12.4. The van der Waals surface area contributed by atoms with Gasteiger partial charge in [-0.05, 0) is 36.4 Å². The van der Waals surface area contributed by atoms with Crippen molar-refractivity contribution in [2.24, 2.45) is 0 Å². The second kappa shape index (κ2) is 9.25. The Morgan fingerprint density at radius 2 is 1.91 bits per heavy atom. The average molecular weight is 453 g/mol. The highest BCUT2D eigenvalue weighted by Crippen LogP contribution is 2.31. The smallest absolute Gasteiger partial charge is 0.412 e. The fourth-order valence-corrected chi connectivity index (χ4v) is 3.96. The lowest BCUT2D eigenvalue weighted by atomic mass is 10.1. The number of hydrogen-bond donors (Lipinski definition) is 3. The summed E-state index contributed by atoms with van der Waals surface area (Å²) >= 11 is 1.49. The third-order valence-corrected chi connectivity index (χ3v) is 5.84. The van der Waals surface area contributed by atoms with E-state index < -0.39 is 18.9 Å². The Morgan fingerprint density at radius 1 is 1.16 bits per heavy atom. The van der Waals surface area contributed by atoms with Crippen LogP contribution in [0.3, 0.4) is 0 Å². The van der Waals surface area contributed by atoms with Crippen molar-refractivity contribution in [3.05, 3.63) is 54.9 Å². The zero-order valence-electron chi connectivity index (χ0n) is 17.1. The summed E-state index contributed by atoms with van der Waals surface area (Å²) in [7, 11) is 1.44. The van der Waals surface area contributed by atoms with Gasteiger partial charge in [-0.1, -0.05) is 6.07 Å². The van der Waals surface area contributed by atoms with Gasteiger partial charge in [-0.2, -0.15) is 0 Å². The lowest BCUT2D eigenvalue weighted by molar-refractivity contribution is 0.151. The van der Waals surface area contributed by atoms with Crippen LogP contribution in [0.25, 0.3) is 32.0 Å². The lowest BCUT2D eigenvalue weighted by Gasteiger charge is -2.12. The number of halogens is 1. The molecule has 3 N–H and O–H groups in total. The van der Waals surface area contributed by atoms with Crippen LogP contribution in [-0.4, -0.2) is 57.6 Å². The van der Waals surface area contributed by atoms with Crippen LogP contribution in [0.1, 0.15) is 0 Å². The Hall–Kier alpha value is -3.63. The molecule has 0 aliphatic heterocycles. The van der Waals surface area contributed by atoms with Crippen molar-refractivity contribution in [3.8, 4) is 21.8 Å². The zero-order valence-corrected chi connectivity index (χ0v) is 17.9. The molecule has 0 radical (unpaired) electrons. The number of nitrogens with one attached hydrogen (secondary N) is 1. The molecule has 3 heterocycles. The van der Waals surface area contributed by atoms with E-state index in [2.05, 4.69) is 20.3 Å². The summed E-state index contributed by atoms with van der Waals surface area (Å²) in [6.07, 6.45) is 1.23. The number of nitrogens with zero attached hydrogens (tertiary/aromatic N) is 4. The minimum absolute atomic E-state index is 0.138. The van der Waals surface area contributed by atoms with Crippen molar-refractivity contribution in [1.82, 2.24) is 15.0 Å². The van der Waals surface area contributed by atoms with Gasteiger partial charge in [-0.25, -0.2) is 19.2 Å². The van der Waals surface area contributed by atoms with Crippen LogP contribution in [0.4, 0.5) is 20.7 Å². The lowest BCUT2D eigenvalue weighted by Crippen LogP contribution is -2.24. The first-order valence-electron chi connectivity index (χ1n) is 9.72. The third-order valence-electron chi connectivity index (χ3n) is 4.80. The fourth-order valence-electron chi connectivity index (χ4n) is 2.98. The number of aliphatic hydroxyl groups excluding tert-OH is 1. The summed E-state index contributed by atoms with van der Waals surface area (Å²) < 4.78 is 13.4. The molecule has 0 saturated carbocycles. The monoisotopic (exact) mass is 453 g/mol. The molecule has 0 fully saturated rings. The molecule has 32 heavy (non-hydrogen) atoms. The Labute approximate surface area is 187 Å². The van der Waals surface area contributed by atoms with Crippen LogP contribution in [0.15, 0.2) is 54.9 Å². The molecule has 1 unspecified atom stereocenters. The Balaban J connectivity index is 1.51. The molecule has 0 aliphatic rings. The predicted molar refractivity (Wildman–Crippen MR) is 123 cm³/mol. The number of carboxylic acid groups (broad SMARTS) is 1. The van der Waals surface area contributed by atoms with E-state index in [0.717, 1.165) is 42.6 Å². The molecule has 1 aromatic carbocycles. The van der Waals surface area contributed by atoms with Gasteiger partial charge in [0.05, 0.1) is 22.0 Å². The van der Waals surface area contributed by atoms with E-state index >= 15 is 0 Å². The van der Waals surface area contributed by atoms with Gasteiger partial charge in [0.25, 0.3) is 0 Å². The van der Waals surface area contributed by atoms with Crippen molar-refractivity contribution in [1.29, 1.82) is 0 Å². The van der Waals surface area contributed by atoms with E-state index in [0.29, 0.717) is 5.82 Å². The summed E-state index contributed by atoms with van der Waals surface area (Å²) in [6.45, 7) is -0.652. The topological polar surface area (TPSA) is 111 Å². The van der Waals surface area contributed by atoms with Crippen LogP contribution < -0.4 is 10.2 Å². The van der Waals surface area contributed by atoms with Crippen molar-refractivity contribution < 1.29 is 19.4 Å². The van der Waals surface area contributed by atoms with Gasteiger partial charge in [-0.3, -0.25) is 9.88 Å². The molecular weight excluding hydrogens is 433 g/mol. The molecule has 4 rings (SSSR count). The minimum atomic E-state index is -1.08. The van der Waals surface area contributed by atoms with Gasteiger partial charge >= 0.3 is 6.09 Å². The number of fused-ring (bicyclic) bond motifs is 1. The van der Waals surface area contributed by atoms with Gasteiger partial charge in [-0.15, -0.1) is 11.3 Å². The Bertz CT molecular complexity index is 1230. The first-order valence-corrected chi connectivity index (χ1v) is 10.5. The highest BCUT2D eigenvalue weighted by molar-refractivity contribution is 7.21. The van der Waals surface area contributed by atoms with Crippen LogP contribution >= 0.6 is 11.3 Å². The molecule has 10 heteroatoms. The SMILES string of the molecule is CN(C(=O)O)c1ccc(-c2ccc(-c3nc4ccc(NCC(O)CF)cc4s3)nc2)cn1. The van der Waals surface area contributed by atoms with E-state index in [1.54, 1.807) is 24.5 Å². The van der Waals surface area contributed by atoms with Gasteiger partial charge < -0.3 is 15.5 Å². The molecule has 1 atom stereocenters. The number of hydrogen-bond acceptors (Lipinski definition) is 7. The van der Waals surface area contributed by atoms with E-state index in [1.807, 2.05) is 30.3 Å². The number of benzene rings is 1. The molecule has 3 aromatic heterocycles. The summed E-state index contributed by atoms with van der Waals surface area (Å²) in [5, 5.41) is 22.2. The normalized spacial score (nSPS) is 12.0. The maximum Gasteiger partial charge on any atom is 0.412 e. The number of rotatable bonds is 7. The molecule has 164 valence electrons. The number of aliphatic hydroxyl groups is 1. The van der Waals surface area contributed by atoms with Crippen molar-refractivity contribution in [2.75, 3.05) is 30.5 Å². The zero-order chi connectivity index (χ0) is 22.7. The van der Waals surface area contributed by atoms with Crippen LogP contribution in [-0.2, 0) is 0 Å². The standard InChI is InChI=1S/C22H20FN5O3S/c1-28(22(30)31)20-7-3-14(11-26-20)13-2-5-18(25-10-13)21-27-17-6-4-15(8-19(17)32-21)24-12-16(29)9-23/h2-8,10-11,16,24,29H,9,12H2,1H3,(H,30,31). The summed E-state index contributed by atoms with van der Waals surface area (Å²) in [4.78, 5) is 25.4. The average Bonchev–Trinajstić information content (AvgIpc) is 3.25.